The fourth-order valence-electron chi connectivity index (χ4n) is 2.29. The van der Waals surface area contributed by atoms with Crippen LogP contribution in [0.3, 0.4) is 0 Å². The molecule has 0 bridgehead atoms. The Hall–Kier alpha value is -2.26. The van der Waals surface area contributed by atoms with Gasteiger partial charge in [0.05, 0.1) is 17.8 Å². The highest BCUT2D eigenvalue weighted by Gasteiger charge is 2.05. The lowest BCUT2D eigenvalue weighted by Gasteiger charge is -2.07. The van der Waals surface area contributed by atoms with Crippen LogP contribution in [-0.2, 0) is 13.0 Å². The topological polar surface area (TPSA) is 46.0 Å². The second-order valence-electron chi connectivity index (χ2n) is 4.94. The molecule has 20 heavy (non-hydrogen) atoms. The number of fused-ring (bicyclic) bond motifs is 1. The van der Waals surface area contributed by atoms with E-state index < -0.39 is 0 Å². The minimum atomic E-state index is -0.0203. The quantitative estimate of drug-likeness (QED) is 0.791. The lowest BCUT2D eigenvalue weighted by molar-refractivity contribution is 0.277. The third-order valence-corrected chi connectivity index (χ3v) is 3.44. The molecule has 0 aliphatic heterocycles. The van der Waals surface area contributed by atoms with Gasteiger partial charge in [0.25, 0.3) is 0 Å². The first-order chi connectivity index (χ1) is 9.76. The minimum Gasteiger partial charge on any atom is -0.390 e. The van der Waals surface area contributed by atoms with Gasteiger partial charge in [0.2, 0.25) is 0 Å². The number of hydrogen-bond acceptors (Lipinski definition) is 3. The summed E-state index contributed by atoms with van der Waals surface area (Å²) in [7, 11) is 0. The fourth-order valence-corrected chi connectivity index (χ4v) is 2.29. The normalized spacial score (nSPS) is 10.9. The molecule has 2 heterocycles. The van der Waals surface area contributed by atoms with Gasteiger partial charge in [-0.1, -0.05) is 24.3 Å². The molecule has 0 aliphatic carbocycles. The standard InChI is InChI=1S/C17H16N2O/c1-12-8-14-4-2-3-5-16(14)19-17(12)9-13-6-7-15(11-20)18-10-13/h2-8,10,20H,9,11H2,1H3. The van der Waals surface area contributed by atoms with E-state index in [4.69, 9.17) is 10.1 Å². The fraction of sp³-hybridized carbons (Fsp3) is 0.176. The van der Waals surface area contributed by atoms with Crippen LogP contribution in [0, 0.1) is 6.92 Å². The lowest BCUT2D eigenvalue weighted by Crippen LogP contribution is -1.98. The van der Waals surface area contributed by atoms with E-state index in [0.717, 1.165) is 23.2 Å². The molecule has 0 atom stereocenters. The maximum absolute atomic E-state index is 9.01. The van der Waals surface area contributed by atoms with Crippen LogP contribution in [0.15, 0.2) is 48.7 Å². The number of aliphatic hydroxyl groups is 1. The highest BCUT2D eigenvalue weighted by atomic mass is 16.3. The smallest absolute Gasteiger partial charge is 0.0852 e. The lowest BCUT2D eigenvalue weighted by atomic mass is 10.0. The van der Waals surface area contributed by atoms with E-state index >= 15 is 0 Å². The zero-order valence-electron chi connectivity index (χ0n) is 11.4. The van der Waals surface area contributed by atoms with Gasteiger partial charge in [-0.3, -0.25) is 9.97 Å². The Kier molecular flexibility index (Phi) is 3.44. The largest absolute Gasteiger partial charge is 0.390 e. The summed E-state index contributed by atoms with van der Waals surface area (Å²) in [5, 5.41) is 10.2. The average Bonchev–Trinajstić information content (AvgIpc) is 2.49. The van der Waals surface area contributed by atoms with Gasteiger partial charge in [-0.05, 0) is 36.2 Å². The third-order valence-electron chi connectivity index (χ3n) is 3.44. The Morgan fingerprint density at radius 1 is 1.10 bits per heavy atom. The van der Waals surface area contributed by atoms with E-state index in [2.05, 4.69) is 24.0 Å². The Labute approximate surface area is 117 Å². The highest BCUT2D eigenvalue weighted by molar-refractivity contribution is 5.79. The van der Waals surface area contributed by atoms with Crippen molar-refractivity contribution in [2.75, 3.05) is 0 Å². The van der Waals surface area contributed by atoms with E-state index in [1.165, 1.54) is 10.9 Å². The van der Waals surface area contributed by atoms with Crippen LogP contribution in [0.2, 0.25) is 0 Å². The predicted octanol–water partition coefficient (Wildman–Crippen LogP) is 3.02. The summed E-state index contributed by atoms with van der Waals surface area (Å²) in [6.45, 7) is 2.07. The van der Waals surface area contributed by atoms with Gasteiger partial charge in [-0.2, -0.15) is 0 Å². The zero-order valence-corrected chi connectivity index (χ0v) is 11.4. The molecule has 3 heteroatoms. The molecule has 100 valence electrons. The van der Waals surface area contributed by atoms with Crippen LogP contribution in [0.25, 0.3) is 10.9 Å². The molecule has 0 spiro atoms. The van der Waals surface area contributed by atoms with Crippen molar-refractivity contribution >= 4 is 10.9 Å². The molecule has 1 aromatic carbocycles. The van der Waals surface area contributed by atoms with Crippen LogP contribution < -0.4 is 0 Å². The van der Waals surface area contributed by atoms with E-state index in [-0.39, 0.29) is 6.61 Å². The zero-order chi connectivity index (χ0) is 13.9. The summed E-state index contributed by atoms with van der Waals surface area (Å²) in [6.07, 6.45) is 2.57. The number of aryl methyl sites for hydroxylation is 1. The maximum atomic E-state index is 9.01. The molecule has 2 aromatic heterocycles. The van der Waals surface area contributed by atoms with E-state index in [9.17, 15) is 0 Å². The molecule has 1 N–H and O–H groups in total. The Balaban J connectivity index is 1.94. The second kappa shape index (κ2) is 5.39. The van der Waals surface area contributed by atoms with Gasteiger partial charge in [0.15, 0.2) is 0 Å². The van der Waals surface area contributed by atoms with Crippen LogP contribution in [-0.4, -0.2) is 15.1 Å². The molecule has 0 unspecified atom stereocenters. The first kappa shape index (κ1) is 12.8. The van der Waals surface area contributed by atoms with E-state index in [0.29, 0.717) is 5.69 Å². The van der Waals surface area contributed by atoms with Crippen molar-refractivity contribution < 1.29 is 5.11 Å². The van der Waals surface area contributed by atoms with Gasteiger partial charge >= 0.3 is 0 Å². The van der Waals surface area contributed by atoms with Crippen LogP contribution in [0.1, 0.15) is 22.5 Å². The van der Waals surface area contributed by atoms with Crippen LogP contribution in [0.5, 0.6) is 0 Å². The summed E-state index contributed by atoms with van der Waals surface area (Å²) in [5.74, 6) is 0. The number of aromatic nitrogens is 2. The molecule has 0 aliphatic rings. The summed E-state index contributed by atoms with van der Waals surface area (Å²) < 4.78 is 0. The number of para-hydroxylation sites is 1. The number of rotatable bonds is 3. The monoisotopic (exact) mass is 264 g/mol. The first-order valence-electron chi connectivity index (χ1n) is 6.66. The average molecular weight is 264 g/mol. The molecular weight excluding hydrogens is 248 g/mol. The Morgan fingerprint density at radius 2 is 1.95 bits per heavy atom. The van der Waals surface area contributed by atoms with Crippen molar-refractivity contribution in [2.45, 2.75) is 20.0 Å². The van der Waals surface area contributed by atoms with E-state index in [1.54, 1.807) is 0 Å². The number of pyridine rings is 2. The summed E-state index contributed by atoms with van der Waals surface area (Å²) in [6, 6.07) is 14.2. The number of hydrogen-bond donors (Lipinski definition) is 1. The van der Waals surface area contributed by atoms with Gasteiger partial charge in [0, 0.05) is 23.7 Å². The summed E-state index contributed by atoms with van der Waals surface area (Å²) in [5.41, 5.74) is 5.08. The SMILES string of the molecule is Cc1cc2ccccc2nc1Cc1ccc(CO)nc1. The van der Waals surface area contributed by atoms with Crippen molar-refractivity contribution in [1.29, 1.82) is 0 Å². The van der Waals surface area contributed by atoms with Gasteiger partial charge in [-0.15, -0.1) is 0 Å². The molecule has 0 saturated carbocycles. The Morgan fingerprint density at radius 3 is 2.70 bits per heavy atom. The number of benzene rings is 1. The van der Waals surface area contributed by atoms with Crippen molar-refractivity contribution in [2.24, 2.45) is 0 Å². The summed E-state index contributed by atoms with van der Waals surface area (Å²) in [4.78, 5) is 8.94. The Bertz CT molecular complexity index is 736. The van der Waals surface area contributed by atoms with Crippen LogP contribution >= 0.6 is 0 Å². The molecular formula is C17H16N2O. The molecule has 0 saturated heterocycles. The van der Waals surface area contributed by atoms with Crippen LogP contribution in [0.4, 0.5) is 0 Å². The minimum absolute atomic E-state index is 0.0203. The third kappa shape index (κ3) is 2.53. The molecule has 3 nitrogen and oxygen atoms in total. The second-order valence-corrected chi connectivity index (χ2v) is 4.94. The number of nitrogens with zero attached hydrogens (tertiary/aromatic N) is 2. The van der Waals surface area contributed by atoms with Crippen molar-refractivity contribution in [1.82, 2.24) is 9.97 Å². The van der Waals surface area contributed by atoms with Gasteiger partial charge in [-0.25, -0.2) is 0 Å². The van der Waals surface area contributed by atoms with Gasteiger partial charge in [0.1, 0.15) is 0 Å². The molecule has 0 radical (unpaired) electrons. The molecule has 3 rings (SSSR count). The van der Waals surface area contributed by atoms with Crippen molar-refractivity contribution in [3.63, 3.8) is 0 Å². The molecule has 3 aromatic rings. The van der Waals surface area contributed by atoms with E-state index in [1.807, 2.05) is 36.5 Å². The molecule has 0 amide bonds. The predicted molar refractivity (Wildman–Crippen MR) is 79.4 cm³/mol. The summed E-state index contributed by atoms with van der Waals surface area (Å²) >= 11 is 0. The maximum Gasteiger partial charge on any atom is 0.0852 e. The molecule has 0 fully saturated rings. The van der Waals surface area contributed by atoms with Crippen molar-refractivity contribution in [3.05, 3.63) is 71.2 Å². The number of aliphatic hydroxyl groups excluding tert-OH is 1. The van der Waals surface area contributed by atoms with Gasteiger partial charge < -0.3 is 5.11 Å². The highest BCUT2D eigenvalue weighted by Crippen LogP contribution is 2.18. The first-order valence-corrected chi connectivity index (χ1v) is 6.66. The van der Waals surface area contributed by atoms with Crippen molar-refractivity contribution in [3.8, 4) is 0 Å².